The van der Waals surface area contributed by atoms with Gasteiger partial charge in [0.1, 0.15) is 5.75 Å². The first-order valence-electron chi connectivity index (χ1n) is 9.68. The highest BCUT2D eigenvalue weighted by Gasteiger charge is 2.32. The van der Waals surface area contributed by atoms with Crippen LogP contribution in [0.15, 0.2) is 23.2 Å². The summed E-state index contributed by atoms with van der Waals surface area (Å²) in [4.78, 5) is 5.73. The van der Waals surface area contributed by atoms with Gasteiger partial charge in [0.25, 0.3) is 0 Å². The molecule has 2 N–H and O–H groups in total. The minimum atomic E-state index is -4.10. The van der Waals surface area contributed by atoms with Crippen molar-refractivity contribution >= 4 is 5.96 Å². The van der Waals surface area contributed by atoms with Gasteiger partial charge in [-0.05, 0) is 56.8 Å². The van der Waals surface area contributed by atoms with Gasteiger partial charge in [0.2, 0.25) is 0 Å². The number of hydrogen-bond acceptors (Lipinski definition) is 3. The zero-order chi connectivity index (χ0) is 20.6. The van der Waals surface area contributed by atoms with E-state index in [1.807, 2.05) is 25.1 Å². The molecule has 1 aromatic rings. The molecule has 0 unspecified atom stereocenters. The molecule has 0 aromatic heterocycles. The molecule has 1 saturated heterocycles. The number of likely N-dealkylation sites (tertiary alicyclic amines) is 1. The van der Waals surface area contributed by atoms with E-state index in [1.165, 1.54) is 4.90 Å². The normalized spacial score (nSPS) is 16.9. The van der Waals surface area contributed by atoms with Crippen molar-refractivity contribution < 1.29 is 17.9 Å². The van der Waals surface area contributed by atoms with Gasteiger partial charge < -0.3 is 15.4 Å². The molecule has 1 fully saturated rings. The number of guanidine groups is 1. The summed E-state index contributed by atoms with van der Waals surface area (Å²) < 4.78 is 42.8. The molecule has 1 aliphatic heterocycles. The van der Waals surface area contributed by atoms with Gasteiger partial charge >= 0.3 is 6.18 Å². The van der Waals surface area contributed by atoms with Crippen molar-refractivity contribution in [1.82, 2.24) is 15.5 Å². The Morgan fingerprint density at radius 3 is 2.57 bits per heavy atom. The summed E-state index contributed by atoms with van der Waals surface area (Å²) in [5.74, 6) is 2.00. The molecule has 0 saturated carbocycles. The number of halogens is 3. The fourth-order valence-corrected chi connectivity index (χ4v) is 3.48. The zero-order valence-electron chi connectivity index (χ0n) is 16.9. The Bertz CT molecular complexity index is 641. The number of aryl methyl sites for hydroxylation is 1. The molecule has 28 heavy (non-hydrogen) atoms. The lowest BCUT2D eigenvalue weighted by atomic mass is 9.93. The Labute approximate surface area is 165 Å². The fourth-order valence-electron chi connectivity index (χ4n) is 3.48. The number of aliphatic imine (C=N–C) groups is 1. The first-order chi connectivity index (χ1) is 13.3. The average Bonchev–Trinajstić information content (AvgIpc) is 2.65. The molecule has 2 rings (SSSR count). The van der Waals surface area contributed by atoms with Gasteiger partial charge in [-0.1, -0.05) is 12.1 Å². The Morgan fingerprint density at radius 2 is 1.96 bits per heavy atom. The van der Waals surface area contributed by atoms with E-state index in [0.29, 0.717) is 31.5 Å². The lowest BCUT2D eigenvalue weighted by Gasteiger charge is -2.32. The minimum absolute atomic E-state index is 0.451. The summed E-state index contributed by atoms with van der Waals surface area (Å²) in [7, 11) is 3.38. The highest BCUT2D eigenvalue weighted by atomic mass is 19.4. The van der Waals surface area contributed by atoms with E-state index in [9.17, 15) is 13.2 Å². The largest absolute Gasteiger partial charge is 0.496 e. The van der Waals surface area contributed by atoms with Crippen LogP contribution < -0.4 is 15.4 Å². The topological polar surface area (TPSA) is 48.9 Å². The van der Waals surface area contributed by atoms with Crippen molar-refractivity contribution in [2.75, 3.05) is 40.3 Å². The van der Waals surface area contributed by atoms with Gasteiger partial charge in [-0.25, -0.2) is 0 Å². The highest BCUT2D eigenvalue weighted by molar-refractivity contribution is 5.79. The summed E-state index contributed by atoms with van der Waals surface area (Å²) in [6.45, 7) is 3.60. The summed E-state index contributed by atoms with van der Waals surface area (Å²) in [6.07, 6.45) is -1.56. The van der Waals surface area contributed by atoms with E-state index in [-0.39, 0.29) is 0 Å². The van der Waals surface area contributed by atoms with Crippen LogP contribution in [0.25, 0.3) is 0 Å². The summed E-state index contributed by atoms with van der Waals surface area (Å²) in [6, 6.07) is 6.07. The third-order valence-corrected chi connectivity index (χ3v) is 5.07. The van der Waals surface area contributed by atoms with Gasteiger partial charge in [-0.3, -0.25) is 9.89 Å². The second-order valence-corrected chi connectivity index (χ2v) is 7.29. The Kier molecular flexibility index (Phi) is 8.41. The highest BCUT2D eigenvalue weighted by Crippen LogP contribution is 2.24. The van der Waals surface area contributed by atoms with Gasteiger partial charge in [-0.2, -0.15) is 13.2 Å². The number of nitrogens with zero attached hydrogens (tertiary/aromatic N) is 2. The predicted octanol–water partition coefficient (Wildman–Crippen LogP) is 3.33. The number of rotatable bonds is 7. The number of methoxy groups -OCH3 is 1. The zero-order valence-corrected chi connectivity index (χ0v) is 16.9. The molecule has 1 aromatic carbocycles. The van der Waals surface area contributed by atoms with Crippen LogP contribution >= 0.6 is 0 Å². The van der Waals surface area contributed by atoms with Crippen molar-refractivity contribution in [3.05, 3.63) is 29.3 Å². The van der Waals surface area contributed by atoms with E-state index in [0.717, 1.165) is 42.7 Å². The maximum Gasteiger partial charge on any atom is 0.401 e. The third kappa shape index (κ3) is 7.58. The number of nitrogens with one attached hydrogen (secondary N) is 2. The monoisotopic (exact) mass is 400 g/mol. The smallest absolute Gasteiger partial charge is 0.401 e. The molecule has 8 heteroatoms. The van der Waals surface area contributed by atoms with E-state index >= 15 is 0 Å². The van der Waals surface area contributed by atoms with E-state index < -0.39 is 12.7 Å². The van der Waals surface area contributed by atoms with Gasteiger partial charge in [0.15, 0.2) is 5.96 Å². The molecule has 0 spiro atoms. The Hall–Kier alpha value is -1.96. The molecule has 1 heterocycles. The quantitative estimate of drug-likeness (QED) is 0.545. The van der Waals surface area contributed by atoms with Crippen LogP contribution in [0.4, 0.5) is 13.2 Å². The molecule has 0 atom stereocenters. The number of benzene rings is 1. The number of hydrogen-bond donors (Lipinski definition) is 2. The molecule has 1 aliphatic rings. The predicted molar refractivity (Wildman–Crippen MR) is 106 cm³/mol. The summed E-state index contributed by atoms with van der Waals surface area (Å²) >= 11 is 0. The second-order valence-electron chi connectivity index (χ2n) is 7.29. The minimum Gasteiger partial charge on any atom is -0.496 e. The number of ether oxygens (including phenoxy) is 1. The molecular weight excluding hydrogens is 369 g/mol. The molecule has 0 amide bonds. The third-order valence-electron chi connectivity index (χ3n) is 5.07. The van der Waals surface area contributed by atoms with Crippen LogP contribution in [0.3, 0.4) is 0 Å². The van der Waals surface area contributed by atoms with Crippen LogP contribution in [0.1, 0.15) is 30.4 Å². The molecule has 0 aliphatic carbocycles. The molecular formula is C20H31F3N4O. The first kappa shape index (κ1) is 22.3. The van der Waals surface area contributed by atoms with Crippen LogP contribution in [0.5, 0.6) is 5.75 Å². The fraction of sp³-hybridized carbons (Fsp3) is 0.650. The van der Waals surface area contributed by atoms with E-state index in [1.54, 1.807) is 14.2 Å². The SMILES string of the molecule is CN=C(NCCC1CCN(CC(F)(F)F)CC1)NCc1ccc(C)cc1OC. The lowest BCUT2D eigenvalue weighted by molar-refractivity contribution is -0.148. The second kappa shape index (κ2) is 10.5. The first-order valence-corrected chi connectivity index (χ1v) is 9.68. The molecule has 0 radical (unpaired) electrons. The van der Waals surface area contributed by atoms with Gasteiger partial charge in [-0.15, -0.1) is 0 Å². The van der Waals surface area contributed by atoms with Crippen molar-refractivity contribution in [2.45, 2.75) is 38.9 Å². The summed E-state index contributed by atoms with van der Waals surface area (Å²) in [5.41, 5.74) is 2.19. The maximum atomic E-state index is 12.5. The maximum absolute atomic E-state index is 12.5. The van der Waals surface area contributed by atoms with Crippen molar-refractivity contribution in [1.29, 1.82) is 0 Å². The summed E-state index contributed by atoms with van der Waals surface area (Å²) in [5, 5.41) is 6.57. The number of alkyl halides is 3. The van der Waals surface area contributed by atoms with Crippen LogP contribution in [0.2, 0.25) is 0 Å². The van der Waals surface area contributed by atoms with Crippen molar-refractivity contribution in [3.8, 4) is 5.75 Å². The molecule has 158 valence electrons. The standard InChI is InChI=1S/C20H31F3N4O/c1-15-4-5-17(18(12-15)28-3)13-26-19(24-2)25-9-6-16-7-10-27(11-8-16)14-20(21,22)23/h4-5,12,16H,6-11,13-14H2,1-3H3,(H2,24,25,26). The Morgan fingerprint density at radius 1 is 1.25 bits per heavy atom. The van der Waals surface area contributed by atoms with Crippen molar-refractivity contribution in [2.24, 2.45) is 10.9 Å². The van der Waals surface area contributed by atoms with E-state index in [2.05, 4.69) is 15.6 Å². The lowest BCUT2D eigenvalue weighted by Crippen LogP contribution is -2.41. The van der Waals surface area contributed by atoms with Gasteiger partial charge in [0.05, 0.1) is 13.7 Å². The average molecular weight is 400 g/mol. The number of piperidine rings is 1. The van der Waals surface area contributed by atoms with Crippen molar-refractivity contribution in [3.63, 3.8) is 0 Å². The molecule has 5 nitrogen and oxygen atoms in total. The van der Waals surface area contributed by atoms with Crippen LogP contribution in [-0.2, 0) is 6.54 Å². The van der Waals surface area contributed by atoms with Crippen LogP contribution in [-0.4, -0.2) is 57.4 Å². The Balaban J connectivity index is 1.69. The van der Waals surface area contributed by atoms with E-state index in [4.69, 9.17) is 4.74 Å². The van der Waals surface area contributed by atoms with Gasteiger partial charge in [0, 0.05) is 25.7 Å². The molecule has 0 bridgehead atoms. The van der Waals surface area contributed by atoms with Crippen LogP contribution in [0, 0.1) is 12.8 Å².